The van der Waals surface area contributed by atoms with E-state index in [1.807, 2.05) is 0 Å². The minimum Gasteiger partial charge on any atom is -0.311 e. The fraction of sp³-hybridized carbons (Fsp3) is 1.00. The molecule has 142 valence electrons. The molecule has 5 fully saturated rings. The molecule has 0 spiro atoms. The number of fused-ring (bicyclic) bond motifs is 5. The molecule has 5 rings (SSSR count). The van der Waals surface area contributed by atoms with Gasteiger partial charge in [-0.3, -0.25) is 0 Å². The molecule has 0 radical (unpaired) electrons. The van der Waals surface area contributed by atoms with Gasteiger partial charge in [0.2, 0.25) is 0 Å². The first-order valence-electron chi connectivity index (χ1n) is 12.2. The first-order valence-corrected chi connectivity index (χ1v) is 12.2. The molecular formula is C24H41N. The van der Waals surface area contributed by atoms with Gasteiger partial charge >= 0.3 is 0 Å². The van der Waals surface area contributed by atoms with Crippen LogP contribution in [0.3, 0.4) is 0 Å². The third-order valence-corrected chi connectivity index (χ3v) is 9.46. The summed E-state index contributed by atoms with van der Waals surface area (Å²) in [5.41, 5.74) is 0. The van der Waals surface area contributed by atoms with E-state index in [1.54, 1.807) is 51.4 Å². The molecule has 25 heavy (non-hydrogen) atoms. The van der Waals surface area contributed by atoms with Crippen molar-refractivity contribution in [1.82, 2.24) is 5.32 Å². The minimum atomic E-state index is 0.864. The summed E-state index contributed by atoms with van der Waals surface area (Å²) in [7, 11) is 0. The van der Waals surface area contributed by atoms with Crippen molar-refractivity contribution in [2.75, 3.05) is 0 Å². The van der Waals surface area contributed by atoms with Gasteiger partial charge in [0.15, 0.2) is 0 Å². The highest BCUT2D eigenvalue weighted by molar-refractivity contribution is 5.02. The van der Waals surface area contributed by atoms with E-state index in [9.17, 15) is 0 Å². The van der Waals surface area contributed by atoms with Gasteiger partial charge in [-0.15, -0.1) is 0 Å². The summed E-state index contributed by atoms with van der Waals surface area (Å²) in [6.45, 7) is 0. The maximum absolute atomic E-state index is 4.29. The zero-order chi connectivity index (χ0) is 16.6. The Morgan fingerprint density at radius 3 is 1.92 bits per heavy atom. The number of rotatable bonds is 2. The second kappa shape index (κ2) is 7.53. The van der Waals surface area contributed by atoms with Gasteiger partial charge in [-0.05, 0) is 86.9 Å². The summed E-state index contributed by atoms with van der Waals surface area (Å²) in [5.74, 6) is 6.58. The van der Waals surface area contributed by atoms with Crippen LogP contribution in [0, 0.1) is 35.5 Å². The Labute approximate surface area is 156 Å². The van der Waals surface area contributed by atoms with E-state index in [0.717, 1.165) is 47.6 Å². The van der Waals surface area contributed by atoms with E-state index in [0.29, 0.717) is 0 Å². The first kappa shape index (κ1) is 17.1. The molecule has 0 heterocycles. The summed E-state index contributed by atoms with van der Waals surface area (Å²) >= 11 is 0. The lowest BCUT2D eigenvalue weighted by Crippen LogP contribution is -2.56. The summed E-state index contributed by atoms with van der Waals surface area (Å²) < 4.78 is 0. The van der Waals surface area contributed by atoms with Gasteiger partial charge in [0.05, 0.1) is 0 Å². The summed E-state index contributed by atoms with van der Waals surface area (Å²) in [6.07, 6.45) is 24.6. The number of nitrogens with one attached hydrogen (secondary N) is 1. The van der Waals surface area contributed by atoms with E-state index in [4.69, 9.17) is 0 Å². The second-order valence-electron chi connectivity index (χ2n) is 10.6. The Morgan fingerprint density at radius 1 is 0.440 bits per heavy atom. The fourth-order valence-corrected chi connectivity index (χ4v) is 8.43. The number of hydrogen-bond donors (Lipinski definition) is 1. The third kappa shape index (κ3) is 3.32. The van der Waals surface area contributed by atoms with Gasteiger partial charge in [-0.2, -0.15) is 0 Å². The minimum absolute atomic E-state index is 0.864. The zero-order valence-corrected chi connectivity index (χ0v) is 16.4. The van der Waals surface area contributed by atoms with Crippen LogP contribution in [0.4, 0.5) is 0 Å². The van der Waals surface area contributed by atoms with Gasteiger partial charge in [0.1, 0.15) is 0 Å². The van der Waals surface area contributed by atoms with Crippen LogP contribution >= 0.6 is 0 Å². The molecule has 0 amide bonds. The lowest BCUT2D eigenvalue weighted by Gasteiger charge is -2.57. The molecule has 5 aliphatic carbocycles. The molecule has 0 aromatic carbocycles. The topological polar surface area (TPSA) is 12.0 Å². The van der Waals surface area contributed by atoms with Crippen LogP contribution in [-0.4, -0.2) is 12.1 Å². The third-order valence-electron chi connectivity index (χ3n) is 9.46. The van der Waals surface area contributed by atoms with E-state index in [2.05, 4.69) is 5.32 Å². The molecule has 0 saturated heterocycles. The molecule has 0 aliphatic heterocycles. The Balaban J connectivity index is 1.35. The van der Waals surface area contributed by atoms with Gasteiger partial charge in [0, 0.05) is 12.1 Å². The van der Waals surface area contributed by atoms with Crippen molar-refractivity contribution in [1.29, 1.82) is 0 Å². The maximum Gasteiger partial charge on any atom is 0.0103 e. The Hall–Kier alpha value is -0.0400. The Morgan fingerprint density at radius 2 is 1.08 bits per heavy atom. The molecule has 1 heteroatoms. The summed E-state index contributed by atoms with van der Waals surface area (Å²) in [4.78, 5) is 0. The van der Waals surface area contributed by atoms with Gasteiger partial charge in [-0.25, -0.2) is 0 Å². The van der Waals surface area contributed by atoms with Crippen molar-refractivity contribution in [3.8, 4) is 0 Å². The predicted molar refractivity (Wildman–Crippen MR) is 106 cm³/mol. The highest BCUT2D eigenvalue weighted by Gasteiger charge is 2.51. The summed E-state index contributed by atoms with van der Waals surface area (Å²) in [6, 6.07) is 1.75. The maximum atomic E-state index is 4.29. The molecule has 5 saturated carbocycles. The molecule has 7 atom stereocenters. The molecular weight excluding hydrogens is 302 g/mol. The van der Waals surface area contributed by atoms with Crippen LogP contribution in [0.15, 0.2) is 0 Å². The molecule has 1 N–H and O–H groups in total. The highest BCUT2D eigenvalue weighted by Crippen LogP contribution is 2.57. The van der Waals surface area contributed by atoms with E-state index in [1.165, 1.54) is 51.4 Å². The van der Waals surface area contributed by atoms with Crippen molar-refractivity contribution in [3.05, 3.63) is 0 Å². The lowest BCUT2D eigenvalue weighted by atomic mass is 9.50. The van der Waals surface area contributed by atoms with Crippen molar-refractivity contribution >= 4 is 0 Å². The van der Waals surface area contributed by atoms with Gasteiger partial charge < -0.3 is 5.32 Å². The van der Waals surface area contributed by atoms with Crippen LogP contribution < -0.4 is 5.32 Å². The van der Waals surface area contributed by atoms with Gasteiger partial charge in [-0.1, -0.05) is 51.4 Å². The smallest absolute Gasteiger partial charge is 0.0103 e. The van der Waals surface area contributed by atoms with Crippen molar-refractivity contribution in [2.45, 2.75) is 115 Å². The average molecular weight is 344 g/mol. The predicted octanol–water partition coefficient (Wildman–Crippen LogP) is 6.32. The monoisotopic (exact) mass is 343 g/mol. The van der Waals surface area contributed by atoms with Crippen LogP contribution in [0.25, 0.3) is 0 Å². The van der Waals surface area contributed by atoms with Crippen molar-refractivity contribution in [2.24, 2.45) is 35.5 Å². The zero-order valence-electron chi connectivity index (χ0n) is 16.4. The second-order valence-corrected chi connectivity index (χ2v) is 10.6. The van der Waals surface area contributed by atoms with Crippen LogP contribution in [-0.2, 0) is 0 Å². The highest BCUT2D eigenvalue weighted by atomic mass is 15.0. The quantitative estimate of drug-likeness (QED) is 0.618. The molecule has 5 aliphatic rings. The molecule has 7 unspecified atom stereocenters. The summed E-state index contributed by atoms with van der Waals surface area (Å²) in [5, 5.41) is 4.29. The normalized spacial score (nSPS) is 48.2. The van der Waals surface area contributed by atoms with E-state index in [-0.39, 0.29) is 0 Å². The standard InChI is InChI=1S/C24H41N/c1-2-9-18(10-3-1)25-24-16-23-19-11-5-4-8-17(19)14-15-21(23)20-12-6-7-13-22(20)24/h17-25H,1-16H2. The molecule has 1 nitrogen and oxygen atoms in total. The van der Waals surface area contributed by atoms with Crippen LogP contribution in [0.5, 0.6) is 0 Å². The van der Waals surface area contributed by atoms with Crippen molar-refractivity contribution in [3.63, 3.8) is 0 Å². The van der Waals surface area contributed by atoms with E-state index >= 15 is 0 Å². The Kier molecular flexibility index (Phi) is 5.15. The van der Waals surface area contributed by atoms with Gasteiger partial charge in [0.25, 0.3) is 0 Å². The van der Waals surface area contributed by atoms with Crippen LogP contribution in [0.2, 0.25) is 0 Å². The van der Waals surface area contributed by atoms with Crippen molar-refractivity contribution < 1.29 is 0 Å². The largest absolute Gasteiger partial charge is 0.311 e. The number of hydrogen-bond acceptors (Lipinski definition) is 1. The van der Waals surface area contributed by atoms with E-state index < -0.39 is 0 Å². The van der Waals surface area contributed by atoms with Crippen LogP contribution in [0.1, 0.15) is 103 Å². The lowest BCUT2D eigenvalue weighted by molar-refractivity contribution is -0.0588. The Bertz CT molecular complexity index is 439. The molecule has 0 aromatic rings. The molecule has 0 aromatic heterocycles. The first-order chi connectivity index (χ1) is 12.4. The fourth-order valence-electron chi connectivity index (χ4n) is 8.43. The average Bonchev–Trinajstić information content (AvgIpc) is 2.69. The molecule has 0 bridgehead atoms. The SMILES string of the molecule is C1CCC(NC2CC3C4CCCCC4CCC3C3CCCCC23)CC1.